The number of aromatic nitrogens is 1. The van der Waals surface area contributed by atoms with Crippen LogP contribution < -0.4 is 11.1 Å². The van der Waals surface area contributed by atoms with Crippen LogP contribution in [0.3, 0.4) is 0 Å². The van der Waals surface area contributed by atoms with Crippen LogP contribution in [0.2, 0.25) is 0 Å². The Morgan fingerprint density at radius 3 is 2.47 bits per heavy atom. The average molecular weight is 284 g/mol. The van der Waals surface area contributed by atoms with E-state index in [0.717, 1.165) is 11.3 Å². The molecule has 0 aliphatic carbocycles. The van der Waals surface area contributed by atoms with Crippen LogP contribution in [0, 0.1) is 6.92 Å². The molecule has 6 nitrogen and oxygen atoms in total. The number of nitrogen functional groups attached to an aromatic ring is 1. The van der Waals surface area contributed by atoms with Crippen LogP contribution in [-0.2, 0) is 4.79 Å². The zero-order valence-corrected chi connectivity index (χ0v) is 12.3. The number of carbonyl (C=O) groups is 2. The van der Waals surface area contributed by atoms with Crippen molar-refractivity contribution >= 4 is 28.3 Å². The van der Waals surface area contributed by atoms with E-state index in [2.05, 4.69) is 10.3 Å². The predicted octanol–water partition coefficient (Wildman–Crippen LogP) is 1.02. The van der Waals surface area contributed by atoms with Crippen molar-refractivity contribution in [1.29, 1.82) is 0 Å². The SMILES string of the molecule is CCN(CC)C(=O)CCNC(=O)c1sc(N)nc1C. The first kappa shape index (κ1) is 15.4. The molecule has 0 unspecified atom stereocenters. The van der Waals surface area contributed by atoms with Crippen molar-refractivity contribution in [3.8, 4) is 0 Å². The highest BCUT2D eigenvalue weighted by molar-refractivity contribution is 7.17. The van der Waals surface area contributed by atoms with Crippen LogP contribution >= 0.6 is 11.3 Å². The van der Waals surface area contributed by atoms with E-state index >= 15 is 0 Å². The fourth-order valence-corrected chi connectivity index (χ4v) is 2.48. The van der Waals surface area contributed by atoms with Crippen LogP contribution in [0.5, 0.6) is 0 Å². The smallest absolute Gasteiger partial charge is 0.263 e. The molecule has 0 bridgehead atoms. The maximum atomic E-state index is 11.8. The van der Waals surface area contributed by atoms with Gasteiger partial charge in [0.05, 0.1) is 5.69 Å². The van der Waals surface area contributed by atoms with Crippen molar-refractivity contribution in [3.63, 3.8) is 0 Å². The third-order valence-corrected chi connectivity index (χ3v) is 3.75. The Bertz CT molecular complexity index is 455. The van der Waals surface area contributed by atoms with E-state index in [1.807, 2.05) is 13.8 Å². The Kier molecular flexibility index (Phi) is 5.75. The number of nitrogens with one attached hydrogen (secondary N) is 1. The predicted molar refractivity (Wildman–Crippen MR) is 76.1 cm³/mol. The fraction of sp³-hybridized carbons (Fsp3) is 0.583. The molecule has 0 aliphatic rings. The molecule has 1 rings (SSSR count). The van der Waals surface area contributed by atoms with Crippen LogP contribution in [0.1, 0.15) is 35.6 Å². The number of nitrogens with two attached hydrogens (primary N) is 1. The van der Waals surface area contributed by atoms with Gasteiger partial charge in [0.15, 0.2) is 5.13 Å². The first-order chi connectivity index (χ1) is 8.99. The Morgan fingerprint density at radius 2 is 2.00 bits per heavy atom. The van der Waals surface area contributed by atoms with E-state index in [1.165, 1.54) is 0 Å². The van der Waals surface area contributed by atoms with E-state index in [-0.39, 0.29) is 11.8 Å². The van der Waals surface area contributed by atoms with E-state index in [0.29, 0.717) is 41.8 Å². The summed E-state index contributed by atoms with van der Waals surface area (Å²) in [4.78, 5) is 29.8. The largest absolute Gasteiger partial charge is 0.375 e. The fourth-order valence-electron chi connectivity index (χ4n) is 1.73. The van der Waals surface area contributed by atoms with Gasteiger partial charge in [-0.2, -0.15) is 0 Å². The summed E-state index contributed by atoms with van der Waals surface area (Å²) in [5.74, 6) is -0.176. The van der Waals surface area contributed by atoms with Crippen LogP contribution in [0.25, 0.3) is 0 Å². The lowest BCUT2D eigenvalue weighted by atomic mass is 10.3. The van der Waals surface area contributed by atoms with E-state index in [1.54, 1.807) is 11.8 Å². The van der Waals surface area contributed by atoms with Gasteiger partial charge in [-0.3, -0.25) is 9.59 Å². The number of amides is 2. The summed E-state index contributed by atoms with van der Waals surface area (Å²) >= 11 is 1.16. The Balaban J connectivity index is 2.43. The van der Waals surface area contributed by atoms with E-state index in [4.69, 9.17) is 5.73 Å². The van der Waals surface area contributed by atoms with Gasteiger partial charge in [0.2, 0.25) is 5.91 Å². The number of nitrogens with zero attached hydrogens (tertiary/aromatic N) is 2. The molecule has 1 heterocycles. The molecule has 0 atom stereocenters. The van der Waals surface area contributed by atoms with Crippen molar-refractivity contribution in [1.82, 2.24) is 15.2 Å². The van der Waals surface area contributed by atoms with Crippen LogP contribution in [0.15, 0.2) is 0 Å². The molecule has 2 amide bonds. The molecule has 0 aromatic carbocycles. The molecule has 1 aromatic heterocycles. The highest BCUT2D eigenvalue weighted by Gasteiger charge is 2.15. The van der Waals surface area contributed by atoms with Gasteiger partial charge in [-0.05, 0) is 20.8 Å². The summed E-state index contributed by atoms with van der Waals surface area (Å²) < 4.78 is 0. The molecule has 7 heteroatoms. The normalized spacial score (nSPS) is 10.3. The Labute approximate surface area is 117 Å². The first-order valence-electron chi connectivity index (χ1n) is 6.28. The summed E-state index contributed by atoms with van der Waals surface area (Å²) in [6.07, 6.45) is 0.306. The van der Waals surface area contributed by atoms with Gasteiger partial charge in [-0.25, -0.2) is 4.98 Å². The summed E-state index contributed by atoms with van der Waals surface area (Å²) in [7, 11) is 0. The molecular formula is C12H20N4O2S. The van der Waals surface area contributed by atoms with Gasteiger partial charge in [0.25, 0.3) is 5.91 Å². The third kappa shape index (κ3) is 4.20. The second-order valence-corrected chi connectivity index (χ2v) is 5.07. The second-order valence-electron chi connectivity index (χ2n) is 4.04. The number of anilines is 1. The van der Waals surface area contributed by atoms with Crippen LogP contribution in [-0.4, -0.2) is 41.3 Å². The van der Waals surface area contributed by atoms with Crippen molar-refractivity contribution in [2.75, 3.05) is 25.4 Å². The average Bonchev–Trinajstić information content (AvgIpc) is 2.70. The molecule has 0 fully saturated rings. The number of hydrogen-bond donors (Lipinski definition) is 2. The Morgan fingerprint density at radius 1 is 1.37 bits per heavy atom. The molecule has 3 N–H and O–H groups in total. The number of carbonyl (C=O) groups excluding carboxylic acids is 2. The molecule has 0 saturated heterocycles. The second kappa shape index (κ2) is 7.08. The lowest BCUT2D eigenvalue weighted by Crippen LogP contribution is -2.34. The van der Waals surface area contributed by atoms with E-state index < -0.39 is 0 Å². The van der Waals surface area contributed by atoms with Gasteiger partial charge < -0.3 is 16.0 Å². The monoisotopic (exact) mass is 284 g/mol. The molecule has 0 radical (unpaired) electrons. The highest BCUT2D eigenvalue weighted by atomic mass is 32.1. The minimum absolute atomic E-state index is 0.0471. The summed E-state index contributed by atoms with van der Waals surface area (Å²) in [6.45, 7) is 7.31. The molecule has 106 valence electrons. The number of rotatable bonds is 6. The lowest BCUT2D eigenvalue weighted by Gasteiger charge is -2.18. The maximum absolute atomic E-state index is 11.8. The number of hydrogen-bond acceptors (Lipinski definition) is 5. The van der Waals surface area contributed by atoms with Gasteiger partial charge in [-0.1, -0.05) is 11.3 Å². The third-order valence-electron chi connectivity index (χ3n) is 2.76. The van der Waals surface area contributed by atoms with Crippen molar-refractivity contribution in [2.45, 2.75) is 27.2 Å². The topological polar surface area (TPSA) is 88.3 Å². The zero-order valence-electron chi connectivity index (χ0n) is 11.5. The summed E-state index contributed by atoms with van der Waals surface area (Å²) in [6, 6.07) is 0. The molecule has 19 heavy (non-hydrogen) atoms. The molecule has 0 aliphatic heterocycles. The van der Waals surface area contributed by atoms with E-state index in [9.17, 15) is 9.59 Å². The molecular weight excluding hydrogens is 264 g/mol. The number of aryl methyl sites for hydroxylation is 1. The first-order valence-corrected chi connectivity index (χ1v) is 7.10. The zero-order chi connectivity index (χ0) is 14.4. The summed E-state index contributed by atoms with van der Waals surface area (Å²) in [5.41, 5.74) is 6.16. The van der Waals surface area contributed by atoms with Gasteiger partial charge in [0, 0.05) is 26.1 Å². The molecule has 0 saturated carbocycles. The van der Waals surface area contributed by atoms with Crippen molar-refractivity contribution in [2.24, 2.45) is 0 Å². The van der Waals surface area contributed by atoms with Gasteiger partial charge in [-0.15, -0.1) is 0 Å². The number of thiazole rings is 1. The molecule has 1 aromatic rings. The minimum Gasteiger partial charge on any atom is -0.375 e. The lowest BCUT2D eigenvalue weighted by molar-refractivity contribution is -0.130. The van der Waals surface area contributed by atoms with Gasteiger partial charge >= 0.3 is 0 Å². The quantitative estimate of drug-likeness (QED) is 0.816. The minimum atomic E-state index is -0.223. The highest BCUT2D eigenvalue weighted by Crippen LogP contribution is 2.19. The standard InChI is InChI=1S/C12H20N4O2S/c1-4-16(5-2)9(17)6-7-14-11(18)10-8(3)15-12(13)19-10/h4-7H2,1-3H3,(H2,13,15)(H,14,18). The molecule has 0 spiro atoms. The van der Waals surface area contributed by atoms with Crippen molar-refractivity contribution < 1.29 is 9.59 Å². The maximum Gasteiger partial charge on any atom is 0.263 e. The van der Waals surface area contributed by atoms with Crippen molar-refractivity contribution in [3.05, 3.63) is 10.6 Å². The van der Waals surface area contributed by atoms with Gasteiger partial charge in [0.1, 0.15) is 4.88 Å². The summed E-state index contributed by atoms with van der Waals surface area (Å²) in [5, 5.41) is 3.09. The van der Waals surface area contributed by atoms with Crippen LogP contribution in [0.4, 0.5) is 5.13 Å². The Hall–Kier alpha value is -1.63.